The van der Waals surface area contributed by atoms with Crippen LogP contribution in [0.1, 0.15) is 17.3 Å². The molecule has 0 aliphatic rings. The van der Waals surface area contributed by atoms with Gasteiger partial charge >= 0.3 is 5.97 Å². The molecule has 0 aliphatic heterocycles. The molecule has 0 aliphatic carbocycles. The van der Waals surface area contributed by atoms with Crippen LogP contribution < -0.4 is 5.73 Å². The van der Waals surface area contributed by atoms with Crippen LogP contribution in [0.25, 0.3) is 0 Å². The molecule has 0 bridgehead atoms. The summed E-state index contributed by atoms with van der Waals surface area (Å²) >= 11 is 8.08. The van der Waals surface area contributed by atoms with Gasteiger partial charge in [-0.3, -0.25) is 4.79 Å². The summed E-state index contributed by atoms with van der Waals surface area (Å²) < 4.78 is 1.84. The maximum Gasteiger partial charge on any atom is 0.305 e. The van der Waals surface area contributed by atoms with Gasteiger partial charge < -0.3 is 10.8 Å². The molecule has 6 heteroatoms. The number of hydrogen-bond acceptors (Lipinski definition) is 3. The zero-order chi connectivity index (χ0) is 10.0. The molecule has 1 atom stereocenters. The van der Waals surface area contributed by atoms with Crippen molar-refractivity contribution in [3.8, 4) is 0 Å². The molecule has 0 spiro atoms. The SMILES string of the molecule is N[C@@H](CC(=O)O)c1cc(Br)c(Br)s1. The lowest BCUT2D eigenvalue weighted by atomic mass is 10.2. The molecule has 1 aromatic rings. The lowest BCUT2D eigenvalue weighted by Crippen LogP contribution is -2.13. The van der Waals surface area contributed by atoms with Gasteiger partial charge in [-0.1, -0.05) is 0 Å². The molecule has 0 saturated carbocycles. The molecule has 72 valence electrons. The first-order valence-electron chi connectivity index (χ1n) is 3.43. The number of rotatable bonds is 3. The average molecular weight is 329 g/mol. The summed E-state index contributed by atoms with van der Waals surface area (Å²) in [5, 5.41) is 8.52. The zero-order valence-electron chi connectivity index (χ0n) is 6.46. The minimum absolute atomic E-state index is 0.0423. The summed E-state index contributed by atoms with van der Waals surface area (Å²) in [7, 11) is 0. The van der Waals surface area contributed by atoms with E-state index in [4.69, 9.17) is 10.8 Å². The Morgan fingerprint density at radius 3 is 2.69 bits per heavy atom. The smallest absolute Gasteiger partial charge is 0.305 e. The van der Waals surface area contributed by atoms with Crippen molar-refractivity contribution in [1.82, 2.24) is 0 Å². The fourth-order valence-electron chi connectivity index (χ4n) is 0.835. The van der Waals surface area contributed by atoms with Crippen molar-refractivity contribution in [2.75, 3.05) is 0 Å². The van der Waals surface area contributed by atoms with Crippen molar-refractivity contribution in [2.45, 2.75) is 12.5 Å². The maximum absolute atomic E-state index is 10.4. The number of aliphatic carboxylic acids is 1. The Morgan fingerprint density at radius 2 is 2.31 bits per heavy atom. The van der Waals surface area contributed by atoms with Crippen molar-refractivity contribution in [3.05, 3.63) is 19.2 Å². The van der Waals surface area contributed by atoms with E-state index < -0.39 is 12.0 Å². The van der Waals surface area contributed by atoms with E-state index in [0.717, 1.165) is 13.1 Å². The van der Waals surface area contributed by atoms with Crippen molar-refractivity contribution in [2.24, 2.45) is 5.73 Å². The van der Waals surface area contributed by atoms with E-state index in [2.05, 4.69) is 31.9 Å². The van der Waals surface area contributed by atoms with Crippen LogP contribution in [0, 0.1) is 0 Å². The molecule has 0 radical (unpaired) electrons. The molecule has 13 heavy (non-hydrogen) atoms. The van der Waals surface area contributed by atoms with Crippen molar-refractivity contribution < 1.29 is 9.90 Å². The van der Waals surface area contributed by atoms with Crippen LogP contribution in [0.4, 0.5) is 0 Å². The fraction of sp³-hybridized carbons (Fsp3) is 0.286. The van der Waals surface area contributed by atoms with Gasteiger partial charge in [-0.15, -0.1) is 11.3 Å². The summed E-state index contributed by atoms with van der Waals surface area (Å²) in [6, 6.07) is 1.41. The van der Waals surface area contributed by atoms with Gasteiger partial charge in [0, 0.05) is 15.4 Å². The standard InChI is InChI=1S/C7H7Br2NO2S/c8-3-1-5(13-7(3)9)4(10)2-6(11)12/h1,4H,2,10H2,(H,11,12)/t4-/m0/s1. The lowest BCUT2D eigenvalue weighted by molar-refractivity contribution is -0.137. The van der Waals surface area contributed by atoms with Gasteiger partial charge in [0.2, 0.25) is 0 Å². The second kappa shape index (κ2) is 4.54. The number of carbonyl (C=O) groups is 1. The Morgan fingerprint density at radius 1 is 1.69 bits per heavy atom. The van der Waals surface area contributed by atoms with Crippen LogP contribution in [0.15, 0.2) is 14.3 Å². The Bertz CT molecular complexity index is 307. The molecule has 1 aromatic heterocycles. The van der Waals surface area contributed by atoms with Crippen molar-refractivity contribution in [1.29, 1.82) is 0 Å². The van der Waals surface area contributed by atoms with Crippen LogP contribution in [-0.2, 0) is 4.79 Å². The molecule has 3 N–H and O–H groups in total. The van der Waals surface area contributed by atoms with Crippen LogP contribution in [0.2, 0.25) is 0 Å². The van der Waals surface area contributed by atoms with Gasteiger partial charge in [0.15, 0.2) is 0 Å². The highest BCUT2D eigenvalue weighted by atomic mass is 79.9. The largest absolute Gasteiger partial charge is 0.481 e. The monoisotopic (exact) mass is 327 g/mol. The van der Waals surface area contributed by atoms with E-state index in [9.17, 15) is 4.79 Å². The highest BCUT2D eigenvalue weighted by Crippen LogP contribution is 2.35. The quantitative estimate of drug-likeness (QED) is 0.896. The minimum atomic E-state index is -0.881. The third-order valence-corrected chi connectivity index (χ3v) is 4.81. The Balaban J connectivity index is 2.77. The summed E-state index contributed by atoms with van der Waals surface area (Å²) in [5.74, 6) is -0.881. The molecule has 0 amide bonds. The van der Waals surface area contributed by atoms with Crippen LogP contribution >= 0.6 is 43.2 Å². The number of hydrogen-bond donors (Lipinski definition) is 2. The number of carboxylic acids is 1. The third-order valence-electron chi connectivity index (χ3n) is 1.42. The van der Waals surface area contributed by atoms with Crippen LogP contribution in [0.5, 0.6) is 0 Å². The molecule has 3 nitrogen and oxygen atoms in total. The normalized spacial score (nSPS) is 12.8. The average Bonchev–Trinajstić information content (AvgIpc) is 2.31. The fourth-order valence-corrected chi connectivity index (χ4v) is 2.93. The molecular formula is C7H7Br2NO2S. The summed E-state index contributed by atoms with van der Waals surface area (Å²) in [6.07, 6.45) is -0.0423. The Labute approximate surface area is 96.2 Å². The highest BCUT2D eigenvalue weighted by molar-refractivity contribution is 9.13. The van der Waals surface area contributed by atoms with Gasteiger partial charge in [0.25, 0.3) is 0 Å². The van der Waals surface area contributed by atoms with Crippen molar-refractivity contribution >= 4 is 49.2 Å². The van der Waals surface area contributed by atoms with E-state index in [1.165, 1.54) is 11.3 Å². The Hall–Kier alpha value is 0.0900. The van der Waals surface area contributed by atoms with Crippen LogP contribution in [-0.4, -0.2) is 11.1 Å². The zero-order valence-corrected chi connectivity index (χ0v) is 10.4. The number of thiophene rings is 1. The Kier molecular flexibility index (Phi) is 3.90. The van der Waals surface area contributed by atoms with Gasteiger partial charge in [-0.25, -0.2) is 0 Å². The minimum Gasteiger partial charge on any atom is -0.481 e. The molecule has 1 rings (SSSR count). The van der Waals surface area contributed by atoms with Crippen LogP contribution in [0.3, 0.4) is 0 Å². The lowest BCUT2D eigenvalue weighted by Gasteiger charge is -2.04. The first-order chi connectivity index (χ1) is 6.00. The van der Waals surface area contributed by atoms with Gasteiger partial charge in [0.1, 0.15) is 0 Å². The van der Waals surface area contributed by atoms with Gasteiger partial charge in [0.05, 0.1) is 10.2 Å². The molecule has 0 unspecified atom stereocenters. The number of carboxylic acid groups (broad SMARTS) is 1. The molecule has 1 heterocycles. The van der Waals surface area contributed by atoms with E-state index in [1.807, 2.05) is 6.07 Å². The number of halogens is 2. The predicted octanol–water partition coefficient (Wildman–Crippen LogP) is 2.75. The second-order valence-corrected chi connectivity index (χ2v) is 5.73. The van der Waals surface area contributed by atoms with Crippen molar-refractivity contribution in [3.63, 3.8) is 0 Å². The summed E-state index contributed by atoms with van der Waals surface area (Å²) in [5.41, 5.74) is 5.67. The first kappa shape index (κ1) is 11.2. The van der Waals surface area contributed by atoms with E-state index >= 15 is 0 Å². The number of nitrogens with two attached hydrogens (primary N) is 1. The molecular weight excluding hydrogens is 322 g/mol. The first-order valence-corrected chi connectivity index (χ1v) is 5.83. The van der Waals surface area contributed by atoms with E-state index in [1.54, 1.807) is 0 Å². The van der Waals surface area contributed by atoms with Gasteiger partial charge in [-0.2, -0.15) is 0 Å². The van der Waals surface area contributed by atoms with E-state index in [-0.39, 0.29) is 6.42 Å². The summed E-state index contributed by atoms with van der Waals surface area (Å²) in [4.78, 5) is 11.2. The molecule has 0 aromatic carbocycles. The van der Waals surface area contributed by atoms with Gasteiger partial charge in [-0.05, 0) is 37.9 Å². The highest BCUT2D eigenvalue weighted by Gasteiger charge is 2.14. The van der Waals surface area contributed by atoms with E-state index in [0.29, 0.717) is 0 Å². The topological polar surface area (TPSA) is 63.3 Å². The predicted molar refractivity (Wildman–Crippen MR) is 58.9 cm³/mol. The maximum atomic E-state index is 10.4. The molecule has 0 saturated heterocycles. The second-order valence-electron chi connectivity index (χ2n) is 2.47. The third kappa shape index (κ3) is 3.05. The molecule has 0 fully saturated rings. The summed E-state index contributed by atoms with van der Waals surface area (Å²) in [6.45, 7) is 0.